The molecule has 0 aromatic carbocycles. The number of ether oxygens (including phenoxy) is 1. The van der Waals surface area contributed by atoms with Gasteiger partial charge in [-0.3, -0.25) is 0 Å². The molecule has 0 saturated carbocycles. The fraction of sp³-hybridized carbons (Fsp3) is 0.667. The minimum Gasteiger partial charge on any atom is -0.478 e. The summed E-state index contributed by atoms with van der Waals surface area (Å²) in [5.74, 6) is -1.12. The summed E-state index contributed by atoms with van der Waals surface area (Å²) in [6.07, 6.45) is 0.640. The van der Waals surface area contributed by atoms with Gasteiger partial charge < -0.3 is 14.3 Å². The second-order valence-corrected chi connectivity index (χ2v) is 8.27. The predicted octanol–water partition coefficient (Wildman–Crippen LogP) is 2.17. The summed E-state index contributed by atoms with van der Waals surface area (Å²) in [6, 6.07) is 0. The quantitative estimate of drug-likeness (QED) is 0.849. The Morgan fingerprint density at radius 3 is 2.39 bits per heavy atom. The molecule has 0 atom stereocenters. The molecule has 2 rings (SSSR count). The molecule has 0 amide bonds. The molecular formula is C15H23NO6S. The van der Waals surface area contributed by atoms with Crippen LogP contribution in [-0.2, 0) is 14.8 Å². The molecular weight excluding hydrogens is 322 g/mol. The van der Waals surface area contributed by atoms with E-state index in [0.717, 1.165) is 6.42 Å². The number of hydrogen-bond acceptors (Lipinski definition) is 5. The lowest BCUT2D eigenvalue weighted by Gasteiger charge is -2.41. The molecule has 1 aromatic rings. The van der Waals surface area contributed by atoms with Crippen LogP contribution in [0.3, 0.4) is 0 Å². The van der Waals surface area contributed by atoms with Crippen molar-refractivity contribution in [1.29, 1.82) is 0 Å². The summed E-state index contributed by atoms with van der Waals surface area (Å²) in [5.41, 5.74) is -0.602. The van der Waals surface area contributed by atoms with Crippen molar-refractivity contribution < 1.29 is 27.5 Å². The van der Waals surface area contributed by atoms with Crippen LogP contribution < -0.4 is 0 Å². The molecule has 1 aliphatic heterocycles. The highest BCUT2D eigenvalue weighted by Crippen LogP contribution is 2.33. The van der Waals surface area contributed by atoms with Gasteiger partial charge in [-0.25, -0.2) is 13.2 Å². The zero-order chi connectivity index (χ0) is 17.6. The number of aryl methyl sites for hydroxylation is 2. The number of hydrogen-bond donors (Lipinski definition) is 1. The lowest BCUT2D eigenvalue weighted by Crippen LogP contribution is -2.56. The summed E-state index contributed by atoms with van der Waals surface area (Å²) < 4.78 is 37.7. The molecule has 130 valence electrons. The standard InChI is InChI=1S/C15H23NO6S/c1-6-15(4,5)22-11-7-16(8-11)23(19,20)13-10(3)21-9(2)12(13)14(17)18/h11H,6-8H2,1-5H3,(H,17,18). The fourth-order valence-corrected chi connectivity index (χ4v) is 4.43. The Labute approximate surface area is 136 Å². The summed E-state index contributed by atoms with van der Waals surface area (Å²) in [4.78, 5) is 11.1. The van der Waals surface area contributed by atoms with E-state index >= 15 is 0 Å². The van der Waals surface area contributed by atoms with Crippen LogP contribution in [0.5, 0.6) is 0 Å². The van der Waals surface area contributed by atoms with Gasteiger partial charge in [0.15, 0.2) is 0 Å². The van der Waals surface area contributed by atoms with E-state index in [1.165, 1.54) is 18.2 Å². The van der Waals surface area contributed by atoms with Crippen molar-refractivity contribution in [2.45, 2.75) is 57.6 Å². The zero-order valence-electron chi connectivity index (χ0n) is 14.0. The molecule has 0 spiro atoms. The first kappa shape index (κ1) is 18.0. The van der Waals surface area contributed by atoms with Gasteiger partial charge in [0.1, 0.15) is 22.0 Å². The van der Waals surface area contributed by atoms with Crippen LogP contribution in [-0.4, -0.2) is 48.6 Å². The maximum Gasteiger partial charge on any atom is 0.340 e. The van der Waals surface area contributed by atoms with E-state index < -0.39 is 16.0 Å². The molecule has 1 saturated heterocycles. The van der Waals surface area contributed by atoms with Gasteiger partial charge >= 0.3 is 5.97 Å². The maximum atomic E-state index is 12.7. The first-order valence-electron chi connectivity index (χ1n) is 7.51. The SMILES string of the molecule is CCC(C)(C)OC1CN(S(=O)(=O)c2c(C)oc(C)c2C(=O)O)C1. The number of carbonyl (C=O) groups is 1. The number of sulfonamides is 1. The number of aromatic carboxylic acids is 1. The van der Waals surface area contributed by atoms with Crippen LogP contribution >= 0.6 is 0 Å². The van der Waals surface area contributed by atoms with Gasteiger partial charge in [0, 0.05) is 13.1 Å². The van der Waals surface area contributed by atoms with Crippen LogP contribution in [0, 0.1) is 13.8 Å². The van der Waals surface area contributed by atoms with E-state index in [1.807, 2.05) is 20.8 Å². The van der Waals surface area contributed by atoms with Gasteiger partial charge in [-0.1, -0.05) is 6.92 Å². The zero-order valence-corrected chi connectivity index (χ0v) is 14.9. The van der Waals surface area contributed by atoms with Crippen molar-refractivity contribution in [3.63, 3.8) is 0 Å². The van der Waals surface area contributed by atoms with E-state index in [9.17, 15) is 18.3 Å². The van der Waals surface area contributed by atoms with Crippen molar-refractivity contribution in [3.05, 3.63) is 17.1 Å². The Balaban J connectivity index is 2.21. The van der Waals surface area contributed by atoms with Crippen LogP contribution in [0.4, 0.5) is 0 Å². The van der Waals surface area contributed by atoms with Gasteiger partial charge in [0.2, 0.25) is 10.0 Å². The summed E-state index contributed by atoms with van der Waals surface area (Å²) in [6.45, 7) is 9.25. The third kappa shape index (κ3) is 3.29. The van der Waals surface area contributed by atoms with Crippen molar-refractivity contribution in [1.82, 2.24) is 4.31 Å². The normalized spacial score (nSPS) is 17.3. The minimum absolute atomic E-state index is 0.0917. The van der Waals surface area contributed by atoms with E-state index in [1.54, 1.807) is 0 Å². The summed E-state index contributed by atoms with van der Waals surface area (Å²) in [7, 11) is -3.90. The Hall–Kier alpha value is -1.38. The first-order chi connectivity index (χ1) is 10.5. The third-order valence-corrected chi connectivity index (χ3v) is 6.15. The molecule has 0 aliphatic carbocycles. The highest BCUT2D eigenvalue weighted by atomic mass is 32.2. The number of rotatable bonds is 6. The number of nitrogens with zero attached hydrogens (tertiary/aromatic N) is 1. The highest BCUT2D eigenvalue weighted by Gasteiger charge is 2.43. The monoisotopic (exact) mass is 345 g/mol. The number of carboxylic acid groups (broad SMARTS) is 1. The lowest BCUT2D eigenvalue weighted by molar-refractivity contribution is -0.113. The molecule has 23 heavy (non-hydrogen) atoms. The van der Waals surface area contributed by atoms with Crippen molar-refractivity contribution >= 4 is 16.0 Å². The Morgan fingerprint density at radius 1 is 1.35 bits per heavy atom. The van der Waals surface area contributed by atoms with Crippen LogP contribution in [0.2, 0.25) is 0 Å². The molecule has 8 heteroatoms. The smallest absolute Gasteiger partial charge is 0.340 e. The molecule has 2 heterocycles. The maximum absolute atomic E-state index is 12.7. The molecule has 1 aliphatic rings. The summed E-state index contributed by atoms with van der Waals surface area (Å²) in [5, 5.41) is 9.26. The van der Waals surface area contributed by atoms with Gasteiger partial charge in [-0.15, -0.1) is 0 Å². The molecule has 1 fully saturated rings. The van der Waals surface area contributed by atoms with Crippen LogP contribution in [0.1, 0.15) is 49.1 Å². The second kappa shape index (κ2) is 5.92. The third-order valence-electron chi connectivity index (χ3n) is 4.17. The Morgan fingerprint density at radius 2 is 1.91 bits per heavy atom. The molecule has 0 unspecified atom stereocenters. The van der Waals surface area contributed by atoms with Crippen LogP contribution in [0.25, 0.3) is 0 Å². The summed E-state index contributed by atoms with van der Waals surface area (Å²) >= 11 is 0. The van der Waals surface area contributed by atoms with Gasteiger partial charge in [0.25, 0.3) is 0 Å². The number of carboxylic acids is 1. The highest BCUT2D eigenvalue weighted by molar-refractivity contribution is 7.89. The second-order valence-electron chi connectivity index (χ2n) is 6.40. The Kier molecular flexibility index (Phi) is 4.62. The molecule has 1 N–H and O–H groups in total. The number of furan rings is 1. The lowest BCUT2D eigenvalue weighted by atomic mass is 10.1. The largest absolute Gasteiger partial charge is 0.478 e. The predicted molar refractivity (Wildman–Crippen MR) is 83.1 cm³/mol. The van der Waals surface area contributed by atoms with E-state index in [2.05, 4.69) is 0 Å². The van der Waals surface area contributed by atoms with E-state index in [0.29, 0.717) is 0 Å². The van der Waals surface area contributed by atoms with Gasteiger partial charge in [-0.2, -0.15) is 4.31 Å². The van der Waals surface area contributed by atoms with E-state index in [-0.39, 0.29) is 46.8 Å². The van der Waals surface area contributed by atoms with Crippen molar-refractivity contribution in [3.8, 4) is 0 Å². The molecule has 0 radical (unpaired) electrons. The molecule has 7 nitrogen and oxygen atoms in total. The Bertz CT molecular complexity index is 713. The van der Waals surface area contributed by atoms with Crippen molar-refractivity contribution in [2.24, 2.45) is 0 Å². The topological polar surface area (TPSA) is 97.0 Å². The van der Waals surface area contributed by atoms with E-state index in [4.69, 9.17) is 9.15 Å². The molecule has 1 aromatic heterocycles. The average Bonchev–Trinajstić information content (AvgIpc) is 2.68. The van der Waals surface area contributed by atoms with Crippen LogP contribution in [0.15, 0.2) is 9.31 Å². The van der Waals surface area contributed by atoms with Crippen molar-refractivity contribution in [2.75, 3.05) is 13.1 Å². The van der Waals surface area contributed by atoms with Gasteiger partial charge in [-0.05, 0) is 34.1 Å². The van der Waals surface area contributed by atoms with Gasteiger partial charge in [0.05, 0.1) is 11.7 Å². The molecule has 0 bridgehead atoms. The average molecular weight is 345 g/mol. The fourth-order valence-electron chi connectivity index (χ4n) is 2.56. The minimum atomic E-state index is -3.90. The first-order valence-corrected chi connectivity index (χ1v) is 8.95.